The van der Waals surface area contributed by atoms with Crippen LogP contribution in [0.1, 0.15) is 28.7 Å². The lowest BCUT2D eigenvalue weighted by molar-refractivity contribution is -0.136. The van der Waals surface area contributed by atoms with Gasteiger partial charge < -0.3 is 14.4 Å². The Labute approximate surface area is 133 Å². The molecule has 1 N–H and O–H groups in total. The lowest BCUT2D eigenvalue weighted by atomic mass is 10.1. The molecule has 0 amide bonds. The van der Waals surface area contributed by atoms with Gasteiger partial charge in [0.2, 0.25) is 5.78 Å². The van der Waals surface area contributed by atoms with Crippen LogP contribution in [0.4, 0.5) is 0 Å². The van der Waals surface area contributed by atoms with Gasteiger partial charge in [-0.3, -0.25) is 9.59 Å². The molecule has 1 aromatic carbocycles. The van der Waals surface area contributed by atoms with E-state index in [-0.39, 0.29) is 12.2 Å². The average molecular weight is 322 g/mol. The van der Waals surface area contributed by atoms with Crippen LogP contribution in [0.3, 0.4) is 0 Å². The van der Waals surface area contributed by atoms with E-state index in [9.17, 15) is 9.59 Å². The van der Waals surface area contributed by atoms with Crippen LogP contribution in [0.15, 0.2) is 30.3 Å². The fourth-order valence-electron chi connectivity index (χ4n) is 2.32. The van der Waals surface area contributed by atoms with Crippen LogP contribution in [0.5, 0.6) is 5.75 Å². The van der Waals surface area contributed by atoms with Gasteiger partial charge >= 0.3 is 5.97 Å². The molecule has 0 saturated carbocycles. The third kappa shape index (κ3) is 3.14. The van der Waals surface area contributed by atoms with E-state index in [1.54, 1.807) is 35.9 Å². The van der Waals surface area contributed by atoms with Crippen molar-refractivity contribution < 1.29 is 19.4 Å². The number of benzene rings is 1. The SMILES string of the molecule is CCn1c(C(=O)c2ccc(OC)cc2)cc(Cl)c1CC(=O)O. The van der Waals surface area contributed by atoms with Gasteiger partial charge in [-0.15, -0.1) is 0 Å². The molecule has 0 aliphatic rings. The summed E-state index contributed by atoms with van der Waals surface area (Å²) in [4.78, 5) is 23.5. The number of hydrogen-bond acceptors (Lipinski definition) is 3. The molecule has 0 aliphatic carbocycles. The van der Waals surface area contributed by atoms with Gasteiger partial charge in [0.1, 0.15) is 5.75 Å². The van der Waals surface area contributed by atoms with Crippen molar-refractivity contribution in [3.8, 4) is 5.75 Å². The van der Waals surface area contributed by atoms with Crippen LogP contribution < -0.4 is 4.74 Å². The number of nitrogens with zero attached hydrogens (tertiary/aromatic N) is 1. The van der Waals surface area contributed by atoms with E-state index >= 15 is 0 Å². The molecule has 1 heterocycles. The Kier molecular flexibility index (Phi) is 4.88. The van der Waals surface area contributed by atoms with Crippen LogP contribution in [0.25, 0.3) is 0 Å². The molecule has 0 radical (unpaired) electrons. The summed E-state index contributed by atoms with van der Waals surface area (Å²) in [6.45, 7) is 2.30. The molecule has 5 nitrogen and oxygen atoms in total. The summed E-state index contributed by atoms with van der Waals surface area (Å²) in [6.07, 6.45) is -0.220. The summed E-state index contributed by atoms with van der Waals surface area (Å²) in [5.74, 6) is -0.534. The Hall–Kier alpha value is -2.27. The first-order valence-corrected chi connectivity index (χ1v) is 7.14. The molecule has 0 saturated heterocycles. The van der Waals surface area contributed by atoms with Gasteiger partial charge in [-0.2, -0.15) is 0 Å². The Balaban J connectivity index is 2.42. The molecule has 1 aromatic heterocycles. The zero-order valence-electron chi connectivity index (χ0n) is 12.3. The first kappa shape index (κ1) is 16.1. The van der Waals surface area contributed by atoms with Gasteiger partial charge in [0.25, 0.3) is 0 Å². The van der Waals surface area contributed by atoms with Crippen LogP contribution in [0, 0.1) is 0 Å². The average Bonchev–Trinajstić information content (AvgIpc) is 2.82. The lowest BCUT2D eigenvalue weighted by Crippen LogP contribution is -2.14. The zero-order valence-corrected chi connectivity index (χ0v) is 13.1. The molecular formula is C16H16ClNO4. The molecule has 0 unspecified atom stereocenters. The van der Waals surface area contributed by atoms with E-state index in [2.05, 4.69) is 0 Å². The molecule has 116 valence electrons. The third-order valence-corrected chi connectivity index (χ3v) is 3.70. The Bertz CT molecular complexity index is 704. The second-order valence-electron chi connectivity index (χ2n) is 4.70. The van der Waals surface area contributed by atoms with Crippen LogP contribution >= 0.6 is 11.6 Å². The van der Waals surface area contributed by atoms with Gasteiger partial charge in [0, 0.05) is 17.8 Å². The smallest absolute Gasteiger partial charge is 0.309 e. The first-order valence-electron chi connectivity index (χ1n) is 6.76. The minimum Gasteiger partial charge on any atom is -0.497 e. The minimum absolute atomic E-state index is 0.206. The van der Waals surface area contributed by atoms with Crippen LogP contribution in [-0.2, 0) is 17.8 Å². The summed E-state index contributed by atoms with van der Waals surface area (Å²) in [5, 5.41) is 9.26. The van der Waals surface area contributed by atoms with E-state index in [0.717, 1.165) is 0 Å². The number of aromatic nitrogens is 1. The largest absolute Gasteiger partial charge is 0.497 e. The molecule has 0 aliphatic heterocycles. The maximum absolute atomic E-state index is 12.6. The van der Waals surface area contributed by atoms with Crippen LogP contribution in [0.2, 0.25) is 5.02 Å². The van der Waals surface area contributed by atoms with Crippen LogP contribution in [-0.4, -0.2) is 28.5 Å². The predicted octanol–water partition coefficient (Wildman–Crippen LogP) is 3.03. The normalized spacial score (nSPS) is 10.5. The number of ether oxygens (including phenoxy) is 1. The lowest BCUT2D eigenvalue weighted by Gasteiger charge is -2.10. The second-order valence-corrected chi connectivity index (χ2v) is 5.10. The van der Waals surface area contributed by atoms with Crippen molar-refractivity contribution in [3.05, 3.63) is 52.3 Å². The van der Waals surface area contributed by atoms with Crippen molar-refractivity contribution in [1.82, 2.24) is 4.57 Å². The predicted molar refractivity (Wildman–Crippen MR) is 82.9 cm³/mol. The molecule has 2 rings (SSSR count). The number of methoxy groups -OCH3 is 1. The number of carboxylic acid groups (broad SMARTS) is 1. The quantitative estimate of drug-likeness (QED) is 0.830. The molecule has 0 fully saturated rings. The van der Waals surface area contributed by atoms with E-state index in [1.807, 2.05) is 6.92 Å². The number of carbonyl (C=O) groups excluding carboxylic acids is 1. The van der Waals surface area contributed by atoms with E-state index in [1.165, 1.54) is 6.07 Å². The van der Waals surface area contributed by atoms with E-state index < -0.39 is 5.97 Å². The topological polar surface area (TPSA) is 68.5 Å². The van der Waals surface area contributed by atoms with Gasteiger partial charge in [0.15, 0.2) is 0 Å². The molecule has 0 bridgehead atoms. The minimum atomic E-state index is -0.988. The Morgan fingerprint density at radius 1 is 1.27 bits per heavy atom. The summed E-state index contributed by atoms with van der Waals surface area (Å²) in [5.41, 5.74) is 1.31. The first-order chi connectivity index (χ1) is 10.5. The zero-order chi connectivity index (χ0) is 16.3. The van der Waals surface area contributed by atoms with E-state index in [4.69, 9.17) is 21.4 Å². The maximum Gasteiger partial charge on any atom is 0.309 e. The van der Waals surface area contributed by atoms with Crippen molar-refractivity contribution in [1.29, 1.82) is 0 Å². The number of rotatable bonds is 6. The number of carboxylic acids is 1. The number of halogens is 1. The van der Waals surface area contributed by atoms with Gasteiger partial charge in [-0.25, -0.2) is 0 Å². The van der Waals surface area contributed by atoms with Crippen molar-refractivity contribution in [3.63, 3.8) is 0 Å². The Morgan fingerprint density at radius 2 is 1.91 bits per heavy atom. The molecule has 2 aromatic rings. The van der Waals surface area contributed by atoms with Gasteiger partial charge in [-0.1, -0.05) is 11.6 Å². The summed E-state index contributed by atoms with van der Waals surface area (Å²) < 4.78 is 6.71. The highest BCUT2D eigenvalue weighted by Gasteiger charge is 2.21. The van der Waals surface area contributed by atoms with Crippen molar-refractivity contribution in [2.45, 2.75) is 19.9 Å². The monoisotopic (exact) mass is 321 g/mol. The number of aliphatic carboxylic acids is 1. The van der Waals surface area contributed by atoms with Gasteiger partial charge in [0.05, 0.1) is 24.2 Å². The molecule has 0 atom stereocenters. The molecule has 6 heteroatoms. The van der Waals surface area contributed by atoms with Crippen molar-refractivity contribution in [2.75, 3.05) is 7.11 Å². The highest BCUT2D eigenvalue weighted by Crippen LogP contribution is 2.25. The number of carbonyl (C=O) groups is 2. The van der Waals surface area contributed by atoms with Crippen molar-refractivity contribution in [2.24, 2.45) is 0 Å². The molecular weight excluding hydrogens is 306 g/mol. The summed E-state index contributed by atoms with van der Waals surface area (Å²) in [6, 6.07) is 8.26. The third-order valence-electron chi connectivity index (χ3n) is 3.38. The van der Waals surface area contributed by atoms with E-state index in [0.29, 0.717) is 34.3 Å². The highest BCUT2D eigenvalue weighted by molar-refractivity contribution is 6.32. The number of hydrogen-bond donors (Lipinski definition) is 1. The van der Waals surface area contributed by atoms with Gasteiger partial charge in [-0.05, 0) is 37.3 Å². The Morgan fingerprint density at radius 3 is 2.41 bits per heavy atom. The fraction of sp³-hybridized carbons (Fsp3) is 0.250. The fourth-order valence-corrected chi connectivity index (χ4v) is 2.59. The summed E-state index contributed by atoms with van der Waals surface area (Å²) >= 11 is 6.10. The molecule has 0 spiro atoms. The van der Waals surface area contributed by atoms with Crippen molar-refractivity contribution >= 4 is 23.4 Å². The number of ketones is 1. The highest BCUT2D eigenvalue weighted by atomic mass is 35.5. The standard InChI is InChI=1S/C16H16ClNO4/c1-3-18-13(9-15(19)20)12(17)8-14(18)16(21)10-4-6-11(22-2)7-5-10/h4-8H,3,9H2,1-2H3,(H,19,20). The second kappa shape index (κ2) is 6.66. The maximum atomic E-state index is 12.6. The summed E-state index contributed by atoms with van der Waals surface area (Å²) in [7, 11) is 1.55. The molecule has 22 heavy (non-hydrogen) atoms.